The van der Waals surface area contributed by atoms with Crippen molar-refractivity contribution in [2.24, 2.45) is 0 Å². The lowest BCUT2D eigenvalue weighted by molar-refractivity contribution is -0.135. The van der Waals surface area contributed by atoms with Crippen molar-refractivity contribution in [3.63, 3.8) is 0 Å². The van der Waals surface area contributed by atoms with Gasteiger partial charge in [-0.2, -0.15) is 0 Å². The topological polar surface area (TPSA) is 64.1 Å². The number of likely N-dealkylation sites (N-methyl/N-ethyl adjacent to an activating group) is 1. The number of carbonyl (C=O) groups excluding carboxylic acids is 2. The molecule has 1 N–H and O–H groups in total. The highest BCUT2D eigenvalue weighted by Crippen LogP contribution is 2.36. The zero-order valence-corrected chi connectivity index (χ0v) is 20.3. The first-order valence-corrected chi connectivity index (χ1v) is 11.9. The molecule has 1 spiro atoms. The maximum Gasteiger partial charge on any atom is 0.327 e. The number of amides is 3. The first-order chi connectivity index (χ1) is 16.2. The van der Waals surface area contributed by atoms with Gasteiger partial charge in [0.05, 0.1) is 0 Å². The summed E-state index contributed by atoms with van der Waals surface area (Å²) in [4.78, 5) is 31.7. The number of urea groups is 1. The van der Waals surface area contributed by atoms with Crippen LogP contribution in [0.4, 0.5) is 4.79 Å². The lowest BCUT2D eigenvalue weighted by atomic mass is 9.86. The molecule has 0 aromatic heterocycles. The van der Waals surface area contributed by atoms with E-state index in [9.17, 15) is 14.7 Å². The second-order valence-corrected chi connectivity index (χ2v) is 9.85. The third-order valence-electron chi connectivity index (χ3n) is 6.83. The fourth-order valence-electron chi connectivity index (χ4n) is 4.74. The van der Waals surface area contributed by atoms with Crippen molar-refractivity contribution < 1.29 is 14.7 Å². The van der Waals surface area contributed by atoms with Gasteiger partial charge in [-0.15, -0.1) is 0 Å². The molecule has 178 valence electrons. The average molecular weight is 460 g/mol. The van der Waals surface area contributed by atoms with Gasteiger partial charge in [-0.05, 0) is 56.4 Å². The van der Waals surface area contributed by atoms with Gasteiger partial charge in [-0.3, -0.25) is 14.6 Å². The number of imide groups is 1. The summed E-state index contributed by atoms with van der Waals surface area (Å²) in [7, 11) is 1.77. The Morgan fingerprint density at radius 3 is 2.24 bits per heavy atom. The molecular weight excluding hydrogens is 426 g/mol. The van der Waals surface area contributed by atoms with E-state index in [1.54, 1.807) is 25.8 Å². The van der Waals surface area contributed by atoms with Gasteiger partial charge >= 0.3 is 6.03 Å². The summed E-state index contributed by atoms with van der Waals surface area (Å²) < 4.78 is 0. The number of nitrogens with zero attached hydrogens (tertiary/aromatic N) is 3. The number of aliphatic hydroxyl groups is 1. The van der Waals surface area contributed by atoms with Crippen molar-refractivity contribution in [1.82, 2.24) is 14.7 Å². The summed E-state index contributed by atoms with van der Waals surface area (Å²) in [5.74, 6) is 5.77. The highest BCUT2D eigenvalue weighted by Gasteiger charge is 2.56. The van der Waals surface area contributed by atoms with Crippen LogP contribution in [-0.4, -0.2) is 69.6 Å². The van der Waals surface area contributed by atoms with Crippen LogP contribution in [0.15, 0.2) is 54.6 Å². The number of benzene rings is 2. The van der Waals surface area contributed by atoms with E-state index < -0.39 is 11.1 Å². The standard InChI is InChI=1S/C28H33N3O3/c1-27(2,34)15-13-23-9-11-24(12-10-23)21-30-19-16-28(17-20-30)25(32)31(26(33)29(28)3)18-14-22-7-5-4-6-8-22/h4-12,34H,14,16-21H2,1-3H3. The predicted molar refractivity (Wildman–Crippen MR) is 132 cm³/mol. The molecule has 6 nitrogen and oxygen atoms in total. The number of carbonyl (C=O) groups is 2. The van der Waals surface area contributed by atoms with Gasteiger partial charge in [0.1, 0.15) is 11.1 Å². The monoisotopic (exact) mass is 459 g/mol. The molecule has 2 aliphatic heterocycles. The Morgan fingerprint density at radius 2 is 1.62 bits per heavy atom. The summed E-state index contributed by atoms with van der Waals surface area (Å²) >= 11 is 0. The molecule has 3 amide bonds. The lowest BCUT2D eigenvalue weighted by Gasteiger charge is -2.40. The first kappa shape index (κ1) is 24.0. The Morgan fingerprint density at radius 1 is 0.971 bits per heavy atom. The maximum absolute atomic E-state index is 13.4. The minimum atomic E-state index is -1.01. The third-order valence-corrected chi connectivity index (χ3v) is 6.83. The predicted octanol–water partition coefficient (Wildman–Crippen LogP) is 3.28. The van der Waals surface area contributed by atoms with Crippen molar-refractivity contribution in [2.75, 3.05) is 26.7 Å². The number of piperidine rings is 1. The molecule has 4 rings (SSSR count). The summed E-state index contributed by atoms with van der Waals surface area (Å²) in [6.45, 7) is 6.06. The highest BCUT2D eigenvalue weighted by atomic mass is 16.3. The molecule has 2 aromatic rings. The van der Waals surface area contributed by atoms with Gasteiger partial charge < -0.3 is 10.0 Å². The fourth-order valence-corrected chi connectivity index (χ4v) is 4.74. The smallest absolute Gasteiger partial charge is 0.327 e. The van der Waals surface area contributed by atoms with E-state index in [1.165, 1.54) is 10.5 Å². The van der Waals surface area contributed by atoms with Crippen molar-refractivity contribution in [3.05, 3.63) is 71.3 Å². The molecule has 2 aliphatic rings. The van der Waals surface area contributed by atoms with Crippen LogP contribution < -0.4 is 0 Å². The number of rotatable bonds is 5. The summed E-state index contributed by atoms with van der Waals surface area (Å²) in [6.07, 6.45) is 1.96. The Balaban J connectivity index is 1.35. The number of likely N-dealkylation sites (tertiary alicyclic amines) is 1. The van der Waals surface area contributed by atoms with Crippen molar-refractivity contribution >= 4 is 11.9 Å². The second kappa shape index (κ2) is 9.61. The van der Waals surface area contributed by atoms with E-state index in [0.717, 1.165) is 30.8 Å². The van der Waals surface area contributed by atoms with Gasteiger partial charge in [-0.25, -0.2) is 4.79 Å². The Hall–Kier alpha value is -3.14. The van der Waals surface area contributed by atoms with E-state index >= 15 is 0 Å². The van der Waals surface area contributed by atoms with Crippen LogP contribution in [0.3, 0.4) is 0 Å². The second-order valence-electron chi connectivity index (χ2n) is 9.85. The van der Waals surface area contributed by atoms with Crippen LogP contribution >= 0.6 is 0 Å². The number of hydrogen-bond donors (Lipinski definition) is 1. The summed E-state index contributed by atoms with van der Waals surface area (Å²) in [5, 5.41) is 9.76. The van der Waals surface area contributed by atoms with Crippen LogP contribution in [0.2, 0.25) is 0 Å². The molecule has 0 saturated carbocycles. The zero-order chi connectivity index (χ0) is 24.3. The normalized spacial score (nSPS) is 18.4. The zero-order valence-electron chi connectivity index (χ0n) is 20.3. The molecule has 2 saturated heterocycles. The number of hydrogen-bond acceptors (Lipinski definition) is 4. The van der Waals surface area contributed by atoms with Crippen LogP contribution in [0.1, 0.15) is 43.4 Å². The molecule has 0 atom stereocenters. The molecule has 6 heteroatoms. The van der Waals surface area contributed by atoms with Crippen LogP contribution in [0.25, 0.3) is 0 Å². The quantitative estimate of drug-likeness (QED) is 0.551. The Labute approximate surface area is 202 Å². The van der Waals surface area contributed by atoms with E-state index in [-0.39, 0.29) is 11.9 Å². The van der Waals surface area contributed by atoms with E-state index in [0.29, 0.717) is 25.8 Å². The molecule has 2 fully saturated rings. The van der Waals surface area contributed by atoms with Crippen LogP contribution in [0, 0.1) is 11.8 Å². The molecular formula is C28H33N3O3. The van der Waals surface area contributed by atoms with Crippen molar-refractivity contribution in [3.8, 4) is 11.8 Å². The van der Waals surface area contributed by atoms with Gasteiger partial charge in [0, 0.05) is 38.8 Å². The average Bonchev–Trinajstić information content (AvgIpc) is 2.99. The molecule has 0 aliphatic carbocycles. The molecule has 2 aromatic carbocycles. The fraction of sp³-hybridized carbons (Fsp3) is 0.429. The largest absolute Gasteiger partial charge is 0.378 e. The van der Waals surface area contributed by atoms with Crippen LogP contribution in [0.5, 0.6) is 0 Å². The van der Waals surface area contributed by atoms with Crippen molar-refractivity contribution in [1.29, 1.82) is 0 Å². The van der Waals surface area contributed by atoms with E-state index in [4.69, 9.17) is 0 Å². The SMILES string of the molecule is CN1C(=O)N(CCc2ccccc2)C(=O)C12CCN(Cc1ccc(C#CC(C)(C)O)cc1)CC2. The highest BCUT2D eigenvalue weighted by molar-refractivity contribution is 6.07. The minimum absolute atomic E-state index is 0.0506. The van der Waals surface area contributed by atoms with Gasteiger partial charge in [0.15, 0.2) is 0 Å². The minimum Gasteiger partial charge on any atom is -0.378 e. The Bertz CT molecular complexity index is 1090. The van der Waals surface area contributed by atoms with E-state index in [1.807, 2.05) is 42.5 Å². The van der Waals surface area contributed by atoms with Crippen molar-refractivity contribution in [2.45, 2.75) is 50.8 Å². The molecule has 0 bridgehead atoms. The molecule has 34 heavy (non-hydrogen) atoms. The summed E-state index contributed by atoms with van der Waals surface area (Å²) in [5.41, 5.74) is 1.44. The lowest BCUT2D eigenvalue weighted by Crippen LogP contribution is -2.55. The van der Waals surface area contributed by atoms with Gasteiger partial charge in [-0.1, -0.05) is 54.3 Å². The van der Waals surface area contributed by atoms with Gasteiger partial charge in [0.2, 0.25) is 0 Å². The summed E-state index contributed by atoms with van der Waals surface area (Å²) in [6, 6.07) is 17.8. The maximum atomic E-state index is 13.4. The molecule has 0 unspecified atom stereocenters. The molecule has 0 radical (unpaired) electrons. The van der Waals surface area contributed by atoms with E-state index in [2.05, 4.69) is 28.9 Å². The third kappa shape index (κ3) is 5.16. The van der Waals surface area contributed by atoms with Gasteiger partial charge in [0.25, 0.3) is 5.91 Å². The molecule has 2 heterocycles. The first-order valence-electron chi connectivity index (χ1n) is 11.9. The van der Waals surface area contributed by atoms with Crippen LogP contribution in [-0.2, 0) is 17.8 Å². The Kier molecular flexibility index (Phi) is 6.79.